The molecule has 5 rings (SSSR count). The number of hydrogen-bond donors (Lipinski definition) is 4. The number of carbonyl (C=O) groups is 1. The van der Waals surface area contributed by atoms with Gasteiger partial charge in [-0.25, -0.2) is 27.2 Å². The maximum atomic E-state index is 13.1. The van der Waals surface area contributed by atoms with Gasteiger partial charge in [0.15, 0.2) is 7.28 Å². The number of sulfonamides is 1. The summed E-state index contributed by atoms with van der Waals surface area (Å²) in [5.74, 6) is -0.640. The molecule has 1 aliphatic heterocycles. The van der Waals surface area contributed by atoms with Crippen molar-refractivity contribution < 1.29 is 26.7 Å². The van der Waals surface area contributed by atoms with Crippen LogP contribution >= 0.6 is 0 Å². The van der Waals surface area contributed by atoms with Crippen LogP contribution in [0.4, 0.5) is 5.69 Å². The van der Waals surface area contributed by atoms with E-state index in [1.165, 1.54) is 24.3 Å². The van der Waals surface area contributed by atoms with E-state index < -0.39 is 38.7 Å². The van der Waals surface area contributed by atoms with Crippen molar-refractivity contribution in [2.24, 2.45) is 0 Å². The molecule has 0 spiro atoms. The van der Waals surface area contributed by atoms with Crippen molar-refractivity contribution >= 4 is 55.6 Å². The van der Waals surface area contributed by atoms with Crippen LogP contribution in [0.25, 0.3) is 11.0 Å². The van der Waals surface area contributed by atoms with Crippen LogP contribution in [0.5, 0.6) is 5.75 Å². The SMILES string of the molecule is O=C1CN(c2ccc([B]CC(NS(=O)(=O)c3ccccc3)c3nc4ccccc4[nH]3)cc2O)S(=O)(=O)N1. The van der Waals surface area contributed by atoms with Gasteiger partial charge >= 0.3 is 10.2 Å². The summed E-state index contributed by atoms with van der Waals surface area (Å²) in [6.45, 7) is -0.436. The molecule has 1 radical (unpaired) electrons. The fourth-order valence-corrected chi connectivity index (χ4v) is 6.40. The molecule has 4 aromatic rings. The largest absolute Gasteiger partial charge is 0.506 e. The molecule has 1 aliphatic rings. The third kappa shape index (κ3) is 5.17. The molecule has 2 heterocycles. The van der Waals surface area contributed by atoms with Crippen LogP contribution in [0.15, 0.2) is 77.7 Å². The first-order valence-corrected chi connectivity index (χ1v) is 14.1. The Bertz CT molecular complexity index is 1660. The molecule has 4 N–H and O–H groups in total. The molecule has 0 aliphatic carbocycles. The normalized spacial score (nSPS) is 16.0. The fraction of sp³-hybridized carbons (Fsp3) is 0.130. The van der Waals surface area contributed by atoms with E-state index in [0.717, 1.165) is 9.82 Å². The number of nitrogens with zero attached hydrogens (tertiary/aromatic N) is 2. The summed E-state index contributed by atoms with van der Waals surface area (Å²) in [4.78, 5) is 19.3. The zero-order chi connectivity index (χ0) is 26.2. The lowest BCUT2D eigenvalue weighted by Crippen LogP contribution is -2.32. The zero-order valence-electron chi connectivity index (χ0n) is 19.2. The predicted octanol–water partition coefficient (Wildman–Crippen LogP) is 0.917. The number of H-pyrrole nitrogens is 1. The van der Waals surface area contributed by atoms with Gasteiger partial charge in [0.2, 0.25) is 10.0 Å². The third-order valence-electron chi connectivity index (χ3n) is 5.77. The number of nitrogens with one attached hydrogen (secondary N) is 3. The van der Waals surface area contributed by atoms with Crippen LogP contribution in [0.1, 0.15) is 11.9 Å². The van der Waals surface area contributed by atoms with E-state index >= 15 is 0 Å². The Morgan fingerprint density at radius 1 is 1.08 bits per heavy atom. The number of aromatic amines is 1. The van der Waals surface area contributed by atoms with Crippen LogP contribution in [-0.2, 0) is 25.0 Å². The number of aromatic hydroxyl groups is 1. The van der Waals surface area contributed by atoms with Crippen LogP contribution in [-0.4, -0.2) is 51.6 Å². The highest BCUT2D eigenvalue weighted by molar-refractivity contribution is 7.92. The second-order valence-corrected chi connectivity index (χ2v) is 11.7. The number of carbonyl (C=O) groups excluding carboxylic acids is 1. The molecule has 1 atom stereocenters. The molecular weight excluding hydrogens is 517 g/mol. The second-order valence-electron chi connectivity index (χ2n) is 8.35. The summed E-state index contributed by atoms with van der Waals surface area (Å²) >= 11 is 0. The van der Waals surface area contributed by atoms with E-state index in [-0.39, 0.29) is 22.7 Å². The van der Waals surface area contributed by atoms with Crippen molar-refractivity contribution in [1.29, 1.82) is 0 Å². The highest BCUT2D eigenvalue weighted by Crippen LogP contribution is 2.29. The van der Waals surface area contributed by atoms with Gasteiger partial charge in [0.1, 0.15) is 18.1 Å². The molecular formula is C23H21BN5O6S2. The molecule has 1 fully saturated rings. The number of hydrogen-bond acceptors (Lipinski definition) is 7. The average Bonchev–Trinajstić information content (AvgIpc) is 3.41. The molecule has 14 heteroatoms. The van der Waals surface area contributed by atoms with Gasteiger partial charge in [-0.05, 0) is 36.4 Å². The lowest BCUT2D eigenvalue weighted by Gasteiger charge is -2.18. The number of benzene rings is 3. The minimum atomic E-state index is -4.07. The van der Waals surface area contributed by atoms with Crippen molar-refractivity contribution in [2.75, 3.05) is 10.8 Å². The highest BCUT2D eigenvalue weighted by atomic mass is 32.2. The van der Waals surface area contributed by atoms with Crippen LogP contribution in [0, 0.1) is 0 Å². The summed E-state index contributed by atoms with van der Waals surface area (Å²) < 4.78 is 55.7. The van der Waals surface area contributed by atoms with E-state index in [1.54, 1.807) is 31.5 Å². The van der Waals surface area contributed by atoms with Gasteiger partial charge < -0.3 is 10.1 Å². The Morgan fingerprint density at radius 2 is 1.81 bits per heavy atom. The van der Waals surface area contributed by atoms with Gasteiger partial charge in [0.25, 0.3) is 5.91 Å². The topological polar surface area (TPSA) is 162 Å². The Kier molecular flexibility index (Phi) is 6.39. The smallest absolute Gasteiger partial charge is 0.326 e. The number of rotatable bonds is 8. The van der Waals surface area contributed by atoms with Crippen molar-refractivity contribution in [2.45, 2.75) is 17.3 Å². The molecule has 1 unspecified atom stereocenters. The van der Waals surface area contributed by atoms with Crippen LogP contribution < -0.4 is 19.2 Å². The van der Waals surface area contributed by atoms with Gasteiger partial charge in [0.05, 0.1) is 27.7 Å². The number of phenolic OH excluding ortho intramolecular Hbond substituents is 1. The summed E-state index contributed by atoms with van der Waals surface area (Å²) in [7, 11) is -6.27. The number of anilines is 1. The van der Waals surface area contributed by atoms with Crippen molar-refractivity contribution in [1.82, 2.24) is 19.4 Å². The summed E-state index contributed by atoms with van der Waals surface area (Å²) in [6.07, 6.45) is 0.159. The molecule has 0 saturated carbocycles. The van der Waals surface area contributed by atoms with Crippen molar-refractivity contribution in [3.8, 4) is 5.75 Å². The molecule has 1 aromatic heterocycles. The van der Waals surface area contributed by atoms with E-state index in [0.29, 0.717) is 16.8 Å². The van der Waals surface area contributed by atoms with E-state index in [4.69, 9.17) is 0 Å². The van der Waals surface area contributed by atoms with Crippen molar-refractivity contribution in [3.05, 3.63) is 78.6 Å². The summed E-state index contributed by atoms with van der Waals surface area (Å²) in [5.41, 5.74) is 1.89. The summed E-state index contributed by atoms with van der Waals surface area (Å²) in [5, 5.41) is 10.5. The highest BCUT2D eigenvalue weighted by Gasteiger charge is 2.35. The van der Waals surface area contributed by atoms with Gasteiger partial charge in [-0.3, -0.25) is 4.79 Å². The minimum absolute atomic E-state index is 0.0471. The van der Waals surface area contributed by atoms with Crippen molar-refractivity contribution in [3.63, 3.8) is 0 Å². The Hall–Kier alpha value is -3.88. The van der Waals surface area contributed by atoms with Gasteiger partial charge in [-0.2, -0.15) is 8.42 Å². The number of amides is 1. The Balaban J connectivity index is 1.41. The standard InChI is InChI=1S/C23H21BN5O6S2/c30-21-12-15(10-11-20(21)29-14-22(31)28-37(29,34)35)24-13-19(23-25-17-8-4-5-9-18(17)26-23)27-36(32,33)16-6-2-1-3-7-16/h1-12,19,27,30H,13-14H2,(H,25,26)(H,28,31). The molecule has 37 heavy (non-hydrogen) atoms. The molecule has 0 bridgehead atoms. The molecule has 1 saturated heterocycles. The monoisotopic (exact) mass is 538 g/mol. The molecule has 1 amide bonds. The van der Waals surface area contributed by atoms with Gasteiger partial charge in [0, 0.05) is 0 Å². The maximum Gasteiger partial charge on any atom is 0.326 e. The number of para-hydroxylation sites is 2. The van der Waals surface area contributed by atoms with Gasteiger partial charge in [-0.15, -0.1) is 0 Å². The lowest BCUT2D eigenvalue weighted by atomic mass is 9.65. The molecule has 3 aromatic carbocycles. The van der Waals surface area contributed by atoms with Crippen LogP contribution in [0.2, 0.25) is 6.32 Å². The predicted molar refractivity (Wildman–Crippen MR) is 138 cm³/mol. The maximum absolute atomic E-state index is 13.1. The first kappa shape index (κ1) is 24.8. The third-order valence-corrected chi connectivity index (χ3v) is 8.65. The quantitative estimate of drug-likeness (QED) is 0.243. The number of aromatic nitrogens is 2. The van der Waals surface area contributed by atoms with E-state index in [1.807, 2.05) is 29.0 Å². The first-order valence-electron chi connectivity index (χ1n) is 11.1. The zero-order valence-corrected chi connectivity index (χ0v) is 20.8. The van der Waals surface area contributed by atoms with E-state index in [9.17, 15) is 26.7 Å². The van der Waals surface area contributed by atoms with Crippen LogP contribution in [0.3, 0.4) is 0 Å². The fourth-order valence-electron chi connectivity index (χ4n) is 4.00. The molecule has 11 nitrogen and oxygen atoms in total. The lowest BCUT2D eigenvalue weighted by molar-refractivity contribution is -0.117. The van der Waals surface area contributed by atoms with E-state index in [2.05, 4.69) is 14.7 Å². The molecule has 189 valence electrons. The van der Waals surface area contributed by atoms with Gasteiger partial charge in [-0.1, -0.05) is 48.2 Å². The second kappa shape index (κ2) is 9.54. The Labute approximate surface area is 214 Å². The summed E-state index contributed by atoms with van der Waals surface area (Å²) in [6, 6.07) is 18.8. The number of fused-ring (bicyclic) bond motifs is 1. The number of imidazole rings is 1. The first-order chi connectivity index (χ1) is 17.6. The minimum Gasteiger partial charge on any atom is -0.506 e. The Morgan fingerprint density at radius 3 is 2.49 bits per heavy atom. The average molecular weight is 538 g/mol. The number of phenols is 1.